The highest BCUT2D eigenvalue weighted by Gasteiger charge is 2.12. The number of benzene rings is 2. The van der Waals surface area contributed by atoms with E-state index in [9.17, 15) is 13.6 Å². The van der Waals surface area contributed by atoms with Gasteiger partial charge in [-0.05, 0) is 24.3 Å². The van der Waals surface area contributed by atoms with Crippen LogP contribution in [0, 0.1) is 11.6 Å². The van der Waals surface area contributed by atoms with Gasteiger partial charge in [-0.1, -0.05) is 28.1 Å². The Labute approximate surface area is 121 Å². The Morgan fingerprint density at radius 2 is 1.85 bits per heavy atom. The molecule has 2 rings (SSSR count). The highest BCUT2D eigenvalue weighted by molar-refractivity contribution is 9.10. The summed E-state index contributed by atoms with van der Waals surface area (Å²) < 4.78 is 32.3. The third-order valence-corrected chi connectivity index (χ3v) is 3.33. The van der Waals surface area contributed by atoms with E-state index in [1.54, 1.807) is 0 Å². The first-order valence-corrected chi connectivity index (χ1v) is 6.37. The number of halogens is 3. The lowest BCUT2D eigenvalue weighted by Gasteiger charge is -2.10. The van der Waals surface area contributed by atoms with Crippen LogP contribution in [-0.4, -0.2) is 11.1 Å². The number of carboxylic acid groups (broad SMARTS) is 1. The van der Waals surface area contributed by atoms with Gasteiger partial charge in [-0.15, -0.1) is 0 Å². The average Bonchev–Trinajstić information content (AvgIpc) is 2.39. The zero-order valence-corrected chi connectivity index (χ0v) is 11.7. The molecule has 0 aromatic heterocycles. The molecule has 0 aliphatic rings. The molecule has 0 aliphatic heterocycles. The number of carbonyl (C=O) groups is 1. The van der Waals surface area contributed by atoms with E-state index < -0.39 is 23.4 Å². The maximum Gasteiger partial charge on any atom is 0.335 e. The largest absolute Gasteiger partial charge is 0.483 e. The molecule has 0 amide bonds. The molecule has 20 heavy (non-hydrogen) atoms. The second-order valence-corrected chi connectivity index (χ2v) is 4.81. The van der Waals surface area contributed by atoms with Crippen LogP contribution >= 0.6 is 15.9 Å². The van der Waals surface area contributed by atoms with Crippen molar-refractivity contribution in [1.82, 2.24) is 0 Å². The van der Waals surface area contributed by atoms with Gasteiger partial charge in [0.25, 0.3) is 0 Å². The van der Waals surface area contributed by atoms with Crippen molar-refractivity contribution in [3.05, 3.63) is 63.6 Å². The van der Waals surface area contributed by atoms with Crippen molar-refractivity contribution in [3.63, 3.8) is 0 Å². The van der Waals surface area contributed by atoms with Crippen molar-refractivity contribution in [1.29, 1.82) is 0 Å². The third kappa shape index (κ3) is 3.14. The lowest BCUT2D eigenvalue weighted by Crippen LogP contribution is -2.02. The van der Waals surface area contributed by atoms with E-state index in [-0.39, 0.29) is 12.2 Å². The fourth-order valence-electron chi connectivity index (χ4n) is 1.57. The van der Waals surface area contributed by atoms with Crippen LogP contribution in [0.25, 0.3) is 0 Å². The summed E-state index contributed by atoms with van der Waals surface area (Å²) in [5, 5.41) is 8.83. The molecule has 0 saturated heterocycles. The van der Waals surface area contributed by atoms with E-state index in [1.807, 2.05) is 0 Å². The first-order valence-electron chi connectivity index (χ1n) is 5.57. The maximum absolute atomic E-state index is 13.4. The van der Waals surface area contributed by atoms with Crippen LogP contribution in [0.4, 0.5) is 8.78 Å². The highest BCUT2D eigenvalue weighted by Crippen LogP contribution is 2.24. The molecule has 0 atom stereocenters. The van der Waals surface area contributed by atoms with Crippen LogP contribution in [0.2, 0.25) is 0 Å². The summed E-state index contributed by atoms with van der Waals surface area (Å²) in [5.74, 6) is -3.09. The molecule has 0 unspecified atom stereocenters. The van der Waals surface area contributed by atoms with E-state index >= 15 is 0 Å². The van der Waals surface area contributed by atoms with Crippen LogP contribution < -0.4 is 4.74 Å². The standard InChI is InChI=1S/C14H9BrF2O3/c15-10-6-8(14(18)19)4-5-9(10)7-20-13-11(16)2-1-3-12(13)17/h1-6H,7H2,(H,18,19). The van der Waals surface area contributed by atoms with Gasteiger partial charge in [0.05, 0.1) is 5.56 Å². The Kier molecular flexibility index (Phi) is 4.34. The van der Waals surface area contributed by atoms with Gasteiger partial charge in [-0.3, -0.25) is 0 Å². The molecule has 0 bridgehead atoms. The molecule has 0 fully saturated rings. The summed E-state index contributed by atoms with van der Waals surface area (Å²) in [6.07, 6.45) is 0. The van der Waals surface area contributed by atoms with Crippen molar-refractivity contribution in [2.45, 2.75) is 6.61 Å². The normalized spacial score (nSPS) is 10.3. The number of hydrogen-bond acceptors (Lipinski definition) is 2. The minimum atomic E-state index is -1.06. The molecule has 0 spiro atoms. The first-order chi connectivity index (χ1) is 9.49. The molecular formula is C14H9BrF2O3. The summed E-state index contributed by atoms with van der Waals surface area (Å²) >= 11 is 3.20. The number of aromatic carboxylic acids is 1. The second kappa shape index (κ2) is 6.00. The van der Waals surface area contributed by atoms with Gasteiger partial charge in [0.1, 0.15) is 6.61 Å². The van der Waals surface area contributed by atoms with Crippen molar-refractivity contribution >= 4 is 21.9 Å². The highest BCUT2D eigenvalue weighted by atomic mass is 79.9. The third-order valence-electron chi connectivity index (χ3n) is 2.59. The van der Waals surface area contributed by atoms with Crippen LogP contribution in [-0.2, 0) is 6.61 Å². The quantitative estimate of drug-likeness (QED) is 0.913. The Hall–Kier alpha value is -1.95. The predicted molar refractivity (Wildman–Crippen MR) is 71.8 cm³/mol. The molecular weight excluding hydrogens is 334 g/mol. The van der Waals surface area contributed by atoms with Crippen LogP contribution in [0.5, 0.6) is 5.75 Å². The Morgan fingerprint density at radius 1 is 1.20 bits per heavy atom. The Balaban J connectivity index is 2.17. The molecule has 3 nitrogen and oxygen atoms in total. The van der Waals surface area contributed by atoms with Crippen LogP contribution in [0.3, 0.4) is 0 Å². The van der Waals surface area contributed by atoms with Gasteiger partial charge >= 0.3 is 5.97 Å². The van der Waals surface area contributed by atoms with Gasteiger partial charge in [0.15, 0.2) is 17.4 Å². The minimum Gasteiger partial charge on any atom is -0.483 e. The first kappa shape index (κ1) is 14.5. The zero-order chi connectivity index (χ0) is 14.7. The Bertz CT molecular complexity index is 639. The maximum atomic E-state index is 13.4. The van der Waals surface area contributed by atoms with Gasteiger partial charge in [-0.2, -0.15) is 0 Å². The van der Waals surface area contributed by atoms with Gasteiger partial charge in [0.2, 0.25) is 0 Å². The topological polar surface area (TPSA) is 46.5 Å². The van der Waals surface area contributed by atoms with Gasteiger partial charge < -0.3 is 9.84 Å². The van der Waals surface area contributed by atoms with Gasteiger partial charge in [0, 0.05) is 10.0 Å². The number of rotatable bonds is 4. The molecule has 2 aromatic rings. The summed E-state index contributed by atoms with van der Waals surface area (Å²) in [6.45, 7) is -0.0850. The minimum absolute atomic E-state index is 0.0850. The van der Waals surface area contributed by atoms with E-state index in [2.05, 4.69) is 15.9 Å². The van der Waals surface area contributed by atoms with Gasteiger partial charge in [-0.25, -0.2) is 13.6 Å². The summed E-state index contributed by atoms with van der Waals surface area (Å²) in [6, 6.07) is 7.76. The van der Waals surface area contributed by atoms with E-state index in [0.29, 0.717) is 10.0 Å². The van der Waals surface area contributed by atoms with Crippen LogP contribution in [0.1, 0.15) is 15.9 Å². The molecule has 0 aliphatic carbocycles. The predicted octanol–water partition coefficient (Wildman–Crippen LogP) is 4.00. The fraction of sp³-hybridized carbons (Fsp3) is 0.0714. The molecule has 1 N–H and O–H groups in total. The summed E-state index contributed by atoms with van der Waals surface area (Å²) in [7, 11) is 0. The SMILES string of the molecule is O=C(O)c1ccc(COc2c(F)cccc2F)c(Br)c1. The number of hydrogen-bond donors (Lipinski definition) is 1. The number of carboxylic acids is 1. The summed E-state index contributed by atoms with van der Waals surface area (Å²) in [4.78, 5) is 10.8. The van der Waals surface area contributed by atoms with Crippen molar-refractivity contribution in [3.8, 4) is 5.75 Å². The fourth-order valence-corrected chi connectivity index (χ4v) is 2.06. The zero-order valence-electron chi connectivity index (χ0n) is 10.1. The van der Waals surface area contributed by atoms with E-state index in [0.717, 1.165) is 12.1 Å². The van der Waals surface area contributed by atoms with Crippen LogP contribution in [0.15, 0.2) is 40.9 Å². The lowest BCUT2D eigenvalue weighted by atomic mass is 10.1. The lowest BCUT2D eigenvalue weighted by molar-refractivity contribution is 0.0696. The molecule has 6 heteroatoms. The molecule has 0 heterocycles. The van der Waals surface area contributed by atoms with E-state index in [4.69, 9.17) is 9.84 Å². The van der Waals surface area contributed by atoms with Crippen molar-refractivity contribution in [2.75, 3.05) is 0 Å². The van der Waals surface area contributed by atoms with Crippen molar-refractivity contribution in [2.24, 2.45) is 0 Å². The molecule has 0 radical (unpaired) electrons. The average molecular weight is 343 g/mol. The summed E-state index contributed by atoms with van der Waals surface area (Å²) in [5.41, 5.74) is 0.690. The van der Waals surface area contributed by atoms with Crippen molar-refractivity contribution < 1.29 is 23.4 Å². The molecule has 2 aromatic carbocycles. The number of ether oxygens (including phenoxy) is 1. The van der Waals surface area contributed by atoms with E-state index in [1.165, 1.54) is 24.3 Å². The molecule has 104 valence electrons. The Morgan fingerprint density at radius 3 is 2.40 bits per heavy atom. The monoisotopic (exact) mass is 342 g/mol. The number of para-hydroxylation sites is 1. The smallest absolute Gasteiger partial charge is 0.335 e. The second-order valence-electron chi connectivity index (χ2n) is 3.95. The molecule has 0 saturated carbocycles.